The molecule has 1 aromatic carbocycles. The number of anilines is 1. The van der Waals surface area contributed by atoms with Crippen molar-refractivity contribution in [1.82, 2.24) is 0 Å². The van der Waals surface area contributed by atoms with Crippen molar-refractivity contribution in [3.8, 4) is 5.75 Å². The van der Waals surface area contributed by atoms with E-state index in [-0.39, 0.29) is 11.7 Å². The van der Waals surface area contributed by atoms with Crippen LogP contribution in [0.1, 0.15) is 19.8 Å². The first-order valence-corrected chi connectivity index (χ1v) is 7.02. The number of phenols is 1. The summed E-state index contributed by atoms with van der Waals surface area (Å²) in [6.45, 7) is 2.26. The van der Waals surface area contributed by atoms with Gasteiger partial charge < -0.3 is 15.1 Å². The number of aromatic hydroxyl groups is 1. The zero-order chi connectivity index (χ0) is 15.4. The zero-order valence-electron chi connectivity index (χ0n) is 11.9. The fourth-order valence-corrected chi connectivity index (χ4v) is 2.69. The number of carbonyl (C=O) groups is 2. The molecule has 1 aromatic rings. The van der Waals surface area contributed by atoms with Gasteiger partial charge in [-0.15, -0.1) is 0 Å². The number of carboxylic acid groups (broad SMARTS) is 1. The molecule has 1 amide bonds. The van der Waals surface area contributed by atoms with E-state index in [0.717, 1.165) is 0 Å². The van der Waals surface area contributed by atoms with Crippen LogP contribution in [0.15, 0.2) is 36.4 Å². The monoisotopic (exact) mass is 289 g/mol. The first kappa shape index (κ1) is 15.1. The Morgan fingerprint density at radius 2 is 1.90 bits per heavy atom. The summed E-state index contributed by atoms with van der Waals surface area (Å²) in [6, 6.07) is 6.44. The predicted molar refractivity (Wildman–Crippen MR) is 79.1 cm³/mol. The van der Waals surface area contributed by atoms with Crippen molar-refractivity contribution in [1.29, 1.82) is 0 Å². The minimum atomic E-state index is -0.940. The third-order valence-corrected chi connectivity index (χ3v) is 3.79. The largest absolute Gasteiger partial charge is 0.508 e. The van der Waals surface area contributed by atoms with E-state index in [0.29, 0.717) is 25.1 Å². The molecule has 0 saturated heterocycles. The Hall–Kier alpha value is -2.30. The van der Waals surface area contributed by atoms with Crippen LogP contribution in [-0.2, 0) is 9.59 Å². The summed E-state index contributed by atoms with van der Waals surface area (Å²) in [7, 11) is 0. The van der Waals surface area contributed by atoms with Crippen LogP contribution in [0.2, 0.25) is 0 Å². The van der Waals surface area contributed by atoms with Gasteiger partial charge in [-0.1, -0.05) is 18.2 Å². The van der Waals surface area contributed by atoms with Crippen LogP contribution in [0.4, 0.5) is 5.69 Å². The lowest BCUT2D eigenvalue weighted by molar-refractivity contribution is -0.146. The van der Waals surface area contributed by atoms with Crippen LogP contribution in [0, 0.1) is 11.8 Å². The lowest BCUT2D eigenvalue weighted by Crippen LogP contribution is -2.41. The lowest BCUT2D eigenvalue weighted by atomic mass is 9.82. The molecule has 1 aliphatic carbocycles. The van der Waals surface area contributed by atoms with Crippen LogP contribution in [0.3, 0.4) is 0 Å². The maximum atomic E-state index is 12.7. The maximum Gasteiger partial charge on any atom is 0.307 e. The highest BCUT2D eigenvalue weighted by Crippen LogP contribution is 2.30. The van der Waals surface area contributed by atoms with Gasteiger partial charge in [-0.05, 0) is 31.9 Å². The second-order valence-corrected chi connectivity index (χ2v) is 5.10. The second-order valence-electron chi connectivity index (χ2n) is 5.10. The van der Waals surface area contributed by atoms with E-state index >= 15 is 0 Å². The molecule has 0 aliphatic heterocycles. The number of aliphatic carboxylic acids is 1. The molecule has 2 N–H and O–H groups in total. The molecule has 0 radical (unpaired) electrons. The summed E-state index contributed by atoms with van der Waals surface area (Å²) in [6.07, 6.45) is 4.49. The van der Waals surface area contributed by atoms with E-state index in [2.05, 4.69) is 0 Å². The third kappa shape index (κ3) is 3.24. The Labute approximate surface area is 123 Å². The van der Waals surface area contributed by atoms with Crippen LogP contribution in [0.5, 0.6) is 5.75 Å². The first-order chi connectivity index (χ1) is 10.0. The van der Waals surface area contributed by atoms with Crippen molar-refractivity contribution in [2.75, 3.05) is 11.4 Å². The third-order valence-electron chi connectivity index (χ3n) is 3.79. The topological polar surface area (TPSA) is 77.8 Å². The number of hydrogen-bond donors (Lipinski definition) is 2. The van der Waals surface area contributed by atoms with Gasteiger partial charge in [-0.3, -0.25) is 9.59 Å². The molecule has 5 heteroatoms. The van der Waals surface area contributed by atoms with Crippen LogP contribution in [0.25, 0.3) is 0 Å². The van der Waals surface area contributed by atoms with E-state index < -0.39 is 17.8 Å². The van der Waals surface area contributed by atoms with Crippen LogP contribution >= 0.6 is 0 Å². The van der Waals surface area contributed by atoms with Crippen LogP contribution in [-0.4, -0.2) is 28.6 Å². The Bertz CT molecular complexity index is 567. The highest BCUT2D eigenvalue weighted by atomic mass is 16.4. The smallest absolute Gasteiger partial charge is 0.307 e. The maximum absolute atomic E-state index is 12.7. The van der Waals surface area contributed by atoms with Gasteiger partial charge in [-0.25, -0.2) is 0 Å². The number of amides is 1. The highest BCUT2D eigenvalue weighted by Gasteiger charge is 2.36. The summed E-state index contributed by atoms with van der Waals surface area (Å²) in [5, 5.41) is 18.8. The van der Waals surface area contributed by atoms with Gasteiger partial charge in [0.2, 0.25) is 5.91 Å². The molecule has 21 heavy (non-hydrogen) atoms. The second kappa shape index (κ2) is 6.43. The van der Waals surface area contributed by atoms with Gasteiger partial charge in [0.1, 0.15) is 5.75 Å². The van der Waals surface area contributed by atoms with Gasteiger partial charge in [0.15, 0.2) is 0 Å². The molecule has 0 saturated carbocycles. The van der Waals surface area contributed by atoms with Crippen LogP contribution < -0.4 is 4.90 Å². The van der Waals surface area contributed by atoms with E-state index in [1.165, 1.54) is 17.0 Å². The molecule has 2 rings (SSSR count). The molecule has 1 aliphatic rings. The first-order valence-electron chi connectivity index (χ1n) is 7.02. The molecule has 0 unspecified atom stereocenters. The van der Waals surface area contributed by atoms with E-state index in [1.807, 2.05) is 19.1 Å². The Balaban J connectivity index is 2.27. The molecule has 5 nitrogen and oxygen atoms in total. The molecule has 112 valence electrons. The van der Waals surface area contributed by atoms with E-state index in [9.17, 15) is 19.8 Å². The molecule has 2 atom stereocenters. The Kier molecular flexibility index (Phi) is 4.62. The summed E-state index contributed by atoms with van der Waals surface area (Å²) in [5.74, 6) is -2.31. The molecule has 0 fully saturated rings. The quantitative estimate of drug-likeness (QED) is 0.834. The normalized spacial score (nSPS) is 21.0. The van der Waals surface area contributed by atoms with E-state index in [1.54, 1.807) is 12.1 Å². The summed E-state index contributed by atoms with van der Waals surface area (Å²) < 4.78 is 0. The standard InChI is InChI=1S/C16H19NO4/c1-2-17(11-6-5-7-12(18)10-11)15(19)13-8-3-4-9-14(13)16(20)21/h3-7,10,13-14,18H,2,8-9H2,1H3,(H,20,21)/t13-,14+/m1/s1. The molecular weight excluding hydrogens is 270 g/mol. The predicted octanol–water partition coefficient (Wildman–Crippen LogP) is 2.41. The van der Waals surface area contributed by atoms with Gasteiger partial charge >= 0.3 is 5.97 Å². The average molecular weight is 289 g/mol. The number of allylic oxidation sites excluding steroid dienone is 2. The van der Waals surface area contributed by atoms with Gasteiger partial charge in [0.25, 0.3) is 0 Å². The fourth-order valence-electron chi connectivity index (χ4n) is 2.69. The van der Waals surface area contributed by atoms with Crippen molar-refractivity contribution in [3.05, 3.63) is 36.4 Å². The van der Waals surface area contributed by atoms with Crippen molar-refractivity contribution >= 4 is 17.6 Å². The zero-order valence-corrected chi connectivity index (χ0v) is 11.9. The van der Waals surface area contributed by atoms with Gasteiger partial charge in [0.05, 0.1) is 11.8 Å². The van der Waals surface area contributed by atoms with Crippen molar-refractivity contribution in [2.45, 2.75) is 19.8 Å². The number of hydrogen-bond acceptors (Lipinski definition) is 3. The number of rotatable bonds is 4. The summed E-state index contributed by atoms with van der Waals surface area (Å²) in [4.78, 5) is 25.6. The Morgan fingerprint density at radius 1 is 1.24 bits per heavy atom. The molecule has 0 aromatic heterocycles. The number of carboxylic acids is 1. The number of nitrogens with zero attached hydrogens (tertiary/aromatic N) is 1. The fraction of sp³-hybridized carbons (Fsp3) is 0.375. The van der Waals surface area contributed by atoms with Crippen molar-refractivity contribution in [3.63, 3.8) is 0 Å². The highest BCUT2D eigenvalue weighted by molar-refractivity contribution is 5.97. The SMILES string of the molecule is CCN(C(=O)[C@@H]1CC=CC[C@@H]1C(=O)O)c1cccc(O)c1. The molecule has 0 spiro atoms. The summed E-state index contributed by atoms with van der Waals surface area (Å²) >= 11 is 0. The lowest BCUT2D eigenvalue weighted by Gasteiger charge is -2.30. The molecule has 0 heterocycles. The number of benzene rings is 1. The van der Waals surface area contributed by atoms with Crippen molar-refractivity contribution in [2.24, 2.45) is 11.8 Å². The molecular formula is C16H19NO4. The van der Waals surface area contributed by atoms with Crippen molar-refractivity contribution < 1.29 is 19.8 Å². The molecule has 0 bridgehead atoms. The van der Waals surface area contributed by atoms with E-state index in [4.69, 9.17) is 0 Å². The number of carbonyl (C=O) groups excluding carboxylic acids is 1. The minimum absolute atomic E-state index is 0.0806. The average Bonchev–Trinajstić information content (AvgIpc) is 2.48. The summed E-state index contributed by atoms with van der Waals surface area (Å²) in [5.41, 5.74) is 0.584. The minimum Gasteiger partial charge on any atom is -0.508 e. The Morgan fingerprint density at radius 3 is 2.48 bits per heavy atom. The number of phenolic OH excluding ortho intramolecular Hbond substituents is 1. The van der Waals surface area contributed by atoms with Gasteiger partial charge in [0, 0.05) is 18.3 Å². The van der Waals surface area contributed by atoms with Gasteiger partial charge in [-0.2, -0.15) is 0 Å².